The predicted octanol–water partition coefficient (Wildman–Crippen LogP) is 1.05. The lowest BCUT2D eigenvalue weighted by Crippen LogP contribution is -2.03. The van der Waals surface area contributed by atoms with E-state index in [0.29, 0.717) is 6.07 Å². The third-order valence-corrected chi connectivity index (χ3v) is 2.50. The molecule has 0 fully saturated rings. The van der Waals surface area contributed by atoms with Crippen LogP contribution in [0.3, 0.4) is 0 Å². The molecule has 1 N–H and O–H groups in total. The summed E-state index contributed by atoms with van der Waals surface area (Å²) in [5, 5.41) is 8.69. The molecule has 0 atom stereocenters. The van der Waals surface area contributed by atoms with E-state index in [0.717, 1.165) is 12.1 Å². The predicted molar refractivity (Wildman–Crippen MR) is 48.2 cm³/mol. The van der Waals surface area contributed by atoms with Crippen LogP contribution in [0.15, 0.2) is 23.1 Å². The minimum atomic E-state index is -4.90. The zero-order chi connectivity index (χ0) is 11.6. The lowest BCUT2D eigenvalue weighted by atomic mass is 10.2. The normalized spacial score (nSPS) is 11.1. The van der Waals surface area contributed by atoms with E-state index in [2.05, 4.69) is 4.74 Å². The van der Waals surface area contributed by atoms with Crippen molar-refractivity contribution < 1.29 is 26.9 Å². The summed E-state index contributed by atoms with van der Waals surface area (Å²) in [6, 6.07) is 2.72. The maximum Gasteiger partial charge on any atom is 0.339 e. The van der Waals surface area contributed by atoms with Crippen molar-refractivity contribution in [3.05, 3.63) is 23.8 Å². The van der Waals surface area contributed by atoms with Crippen LogP contribution < -0.4 is 4.74 Å². The quantitative estimate of drug-likeness (QED) is 0.790. The van der Waals surface area contributed by atoms with Crippen LogP contribution >= 0.6 is 0 Å². The van der Waals surface area contributed by atoms with Crippen LogP contribution in [0.5, 0.6) is 5.75 Å². The number of rotatable bonds is 3. The highest BCUT2D eigenvalue weighted by atomic mass is 32.3. The lowest BCUT2D eigenvalue weighted by Gasteiger charge is -2.04. The molecule has 1 aromatic rings. The van der Waals surface area contributed by atoms with Gasteiger partial charge in [0.2, 0.25) is 0 Å². The summed E-state index contributed by atoms with van der Waals surface area (Å²) in [7, 11) is -3.68. The van der Waals surface area contributed by atoms with Crippen molar-refractivity contribution in [2.45, 2.75) is 4.90 Å². The smallest absolute Gasteiger partial charge is 0.339 e. The summed E-state index contributed by atoms with van der Waals surface area (Å²) in [6.07, 6.45) is 0. The molecule has 7 heteroatoms. The number of methoxy groups -OCH3 is 1. The molecule has 0 unspecified atom stereocenters. The van der Waals surface area contributed by atoms with Gasteiger partial charge in [0.25, 0.3) is 0 Å². The van der Waals surface area contributed by atoms with Crippen LogP contribution in [0.4, 0.5) is 3.89 Å². The average Bonchev–Trinajstić information content (AvgIpc) is 2.15. The highest BCUT2D eigenvalue weighted by Gasteiger charge is 2.18. The van der Waals surface area contributed by atoms with Crippen molar-refractivity contribution in [3.8, 4) is 5.75 Å². The summed E-state index contributed by atoms with van der Waals surface area (Å²) >= 11 is 0. The molecular weight excluding hydrogens is 227 g/mol. The molecule has 0 saturated carbocycles. The molecule has 0 aliphatic rings. The highest BCUT2D eigenvalue weighted by Crippen LogP contribution is 2.23. The molecule has 0 saturated heterocycles. The van der Waals surface area contributed by atoms with Gasteiger partial charge >= 0.3 is 16.2 Å². The second-order valence-electron chi connectivity index (χ2n) is 2.61. The Kier molecular flexibility index (Phi) is 2.94. The Hall–Kier alpha value is -1.63. The fourth-order valence-electron chi connectivity index (χ4n) is 1.01. The fraction of sp³-hybridized carbons (Fsp3) is 0.125. The van der Waals surface area contributed by atoms with Crippen LogP contribution in [0, 0.1) is 0 Å². The first kappa shape index (κ1) is 11.4. The number of hydrogen-bond acceptors (Lipinski definition) is 4. The third-order valence-electron chi connectivity index (χ3n) is 1.68. The van der Waals surface area contributed by atoms with Gasteiger partial charge in [-0.2, -0.15) is 8.42 Å². The number of carboxylic acid groups (broad SMARTS) is 1. The van der Waals surface area contributed by atoms with Crippen molar-refractivity contribution in [2.75, 3.05) is 7.11 Å². The Morgan fingerprint density at radius 3 is 2.47 bits per heavy atom. The first-order chi connectivity index (χ1) is 6.86. The average molecular weight is 234 g/mol. The monoisotopic (exact) mass is 234 g/mol. The van der Waals surface area contributed by atoms with E-state index in [-0.39, 0.29) is 5.75 Å². The number of aromatic carboxylic acids is 1. The molecule has 0 aliphatic heterocycles. The lowest BCUT2D eigenvalue weighted by molar-refractivity contribution is 0.0693. The Bertz CT molecular complexity index is 494. The van der Waals surface area contributed by atoms with E-state index in [1.54, 1.807) is 0 Å². The number of carbonyl (C=O) groups is 1. The van der Waals surface area contributed by atoms with Crippen LogP contribution in [0.25, 0.3) is 0 Å². The van der Waals surface area contributed by atoms with Gasteiger partial charge in [0, 0.05) is 0 Å². The first-order valence-electron chi connectivity index (χ1n) is 3.72. The van der Waals surface area contributed by atoms with E-state index < -0.39 is 26.7 Å². The molecule has 0 spiro atoms. The van der Waals surface area contributed by atoms with Crippen LogP contribution in [0.1, 0.15) is 10.4 Å². The third kappa shape index (κ3) is 2.44. The molecule has 82 valence electrons. The number of halogens is 1. The summed E-state index contributed by atoms with van der Waals surface area (Å²) in [5.74, 6) is -1.42. The van der Waals surface area contributed by atoms with Crippen LogP contribution in [-0.4, -0.2) is 26.6 Å². The number of hydrogen-bond donors (Lipinski definition) is 1. The van der Waals surface area contributed by atoms with Gasteiger partial charge in [-0.1, -0.05) is 0 Å². The summed E-state index contributed by atoms with van der Waals surface area (Å²) in [4.78, 5) is 9.95. The van der Waals surface area contributed by atoms with Crippen molar-refractivity contribution in [3.63, 3.8) is 0 Å². The van der Waals surface area contributed by atoms with Gasteiger partial charge in [-0.3, -0.25) is 0 Å². The second kappa shape index (κ2) is 3.85. The summed E-state index contributed by atoms with van der Waals surface area (Å²) in [6.45, 7) is 0. The van der Waals surface area contributed by atoms with Gasteiger partial charge in [0.15, 0.2) is 0 Å². The van der Waals surface area contributed by atoms with Gasteiger partial charge < -0.3 is 9.84 Å². The van der Waals surface area contributed by atoms with Crippen LogP contribution in [0.2, 0.25) is 0 Å². The van der Waals surface area contributed by atoms with Crippen LogP contribution in [-0.2, 0) is 10.2 Å². The Labute approximate surface area is 85.3 Å². The molecule has 0 amide bonds. The molecule has 0 heterocycles. The number of carboxylic acids is 1. The summed E-state index contributed by atoms with van der Waals surface area (Å²) in [5.41, 5.74) is -0.406. The minimum Gasteiger partial charge on any atom is -0.496 e. The molecule has 1 rings (SSSR count). The number of benzene rings is 1. The SMILES string of the molecule is COc1ccc(S(=O)(=O)F)cc1C(=O)O. The maximum absolute atomic E-state index is 12.5. The van der Waals surface area contributed by atoms with Gasteiger partial charge in [-0.25, -0.2) is 4.79 Å². The second-order valence-corrected chi connectivity index (χ2v) is 3.95. The maximum atomic E-state index is 12.5. The molecule has 1 aromatic carbocycles. The molecule has 5 nitrogen and oxygen atoms in total. The van der Waals surface area contributed by atoms with E-state index in [9.17, 15) is 17.1 Å². The molecule has 0 radical (unpaired) electrons. The van der Waals surface area contributed by atoms with Crippen molar-refractivity contribution in [1.82, 2.24) is 0 Å². The largest absolute Gasteiger partial charge is 0.496 e. The van der Waals surface area contributed by atoms with Crippen molar-refractivity contribution >= 4 is 16.2 Å². The fourth-order valence-corrected chi connectivity index (χ4v) is 1.50. The zero-order valence-electron chi connectivity index (χ0n) is 7.60. The van der Waals surface area contributed by atoms with Gasteiger partial charge in [-0.05, 0) is 18.2 Å². The molecule has 0 aromatic heterocycles. The summed E-state index contributed by atoms with van der Waals surface area (Å²) < 4.78 is 38.2. The molecule has 0 aliphatic carbocycles. The molecule has 0 bridgehead atoms. The van der Waals surface area contributed by atoms with E-state index >= 15 is 0 Å². The van der Waals surface area contributed by atoms with Gasteiger partial charge in [0.1, 0.15) is 11.3 Å². The van der Waals surface area contributed by atoms with E-state index in [1.807, 2.05) is 0 Å². The number of ether oxygens (including phenoxy) is 1. The van der Waals surface area contributed by atoms with Gasteiger partial charge in [0.05, 0.1) is 12.0 Å². The Morgan fingerprint density at radius 2 is 2.07 bits per heavy atom. The van der Waals surface area contributed by atoms with Gasteiger partial charge in [-0.15, -0.1) is 3.89 Å². The topological polar surface area (TPSA) is 80.7 Å². The van der Waals surface area contributed by atoms with Crippen molar-refractivity contribution in [1.29, 1.82) is 0 Å². The highest BCUT2D eigenvalue weighted by molar-refractivity contribution is 7.86. The standard InChI is InChI=1S/C8H7FO5S/c1-14-7-3-2-5(15(9,12)13)4-6(7)8(10)11/h2-4H,1H3,(H,10,11). The zero-order valence-corrected chi connectivity index (χ0v) is 8.41. The first-order valence-corrected chi connectivity index (χ1v) is 5.10. The van der Waals surface area contributed by atoms with E-state index in [1.165, 1.54) is 7.11 Å². The minimum absolute atomic E-state index is 0.0325. The molecule has 15 heavy (non-hydrogen) atoms. The van der Waals surface area contributed by atoms with E-state index in [4.69, 9.17) is 5.11 Å². The molecular formula is C8H7FO5S. The Balaban J connectivity index is 3.42. The van der Waals surface area contributed by atoms with Crippen molar-refractivity contribution in [2.24, 2.45) is 0 Å². The Morgan fingerprint density at radius 1 is 1.47 bits per heavy atom.